The zero-order chi connectivity index (χ0) is 9.19. The van der Waals surface area contributed by atoms with Gasteiger partial charge in [0.15, 0.2) is 0 Å². The monoisotopic (exact) mass is 166 g/mol. The molecule has 3 nitrogen and oxygen atoms in total. The quantitative estimate of drug-likeness (QED) is 0.649. The largest absolute Gasteiger partial charge is 0.288 e. The number of anilines is 1. The molecular weight excluding hydrogens is 152 g/mol. The van der Waals surface area contributed by atoms with Crippen LogP contribution in [0.25, 0.3) is 0 Å². The van der Waals surface area contributed by atoms with E-state index in [2.05, 4.69) is 4.98 Å². The predicted octanol–water partition coefficient (Wildman–Crippen LogP) is 2.08. The average Bonchev–Trinajstić information content (AvgIpc) is 2.03. The molecule has 0 atom stereocenters. The molecule has 0 saturated heterocycles. The van der Waals surface area contributed by atoms with Gasteiger partial charge >= 0.3 is 0 Å². The summed E-state index contributed by atoms with van der Waals surface area (Å²) in [6.07, 6.45) is 3.31. The Labute approximate surface area is 72.6 Å². The van der Waals surface area contributed by atoms with E-state index in [1.807, 2.05) is 26.8 Å². The van der Waals surface area contributed by atoms with Gasteiger partial charge in [0, 0.05) is 6.20 Å². The van der Waals surface area contributed by atoms with E-state index in [0.717, 1.165) is 0 Å². The van der Waals surface area contributed by atoms with Crippen LogP contribution >= 0.6 is 0 Å². The number of nitrogens with zero attached hydrogens (tertiary/aromatic N) is 2. The average molecular weight is 166 g/mol. The van der Waals surface area contributed by atoms with Crippen LogP contribution in [0, 0.1) is 0 Å². The summed E-state index contributed by atoms with van der Waals surface area (Å²) in [4.78, 5) is 3.92. The molecule has 1 aromatic rings. The van der Waals surface area contributed by atoms with Crippen molar-refractivity contribution in [3.05, 3.63) is 24.5 Å². The zero-order valence-corrected chi connectivity index (χ0v) is 7.65. The molecule has 12 heavy (non-hydrogen) atoms. The lowest BCUT2D eigenvalue weighted by Crippen LogP contribution is -2.38. The smallest absolute Gasteiger partial charge is 0.0823 e. The van der Waals surface area contributed by atoms with Crippen LogP contribution in [-0.4, -0.2) is 15.7 Å². The fraction of sp³-hybridized carbons (Fsp3) is 0.444. The maximum Gasteiger partial charge on any atom is 0.0823 e. The summed E-state index contributed by atoms with van der Waals surface area (Å²) in [7, 11) is 0. The molecule has 0 spiro atoms. The Bertz CT molecular complexity index is 240. The van der Waals surface area contributed by atoms with E-state index >= 15 is 0 Å². The second-order valence-corrected chi connectivity index (χ2v) is 3.69. The standard InChI is InChI=1S/C9H14N2O/c1-9(2,3)11(12)8-5-4-6-10-7-8/h4-7,12H,1-3H3. The second-order valence-electron chi connectivity index (χ2n) is 3.69. The molecule has 1 heterocycles. The van der Waals surface area contributed by atoms with Gasteiger partial charge in [-0.2, -0.15) is 0 Å². The van der Waals surface area contributed by atoms with Crippen molar-refractivity contribution >= 4 is 5.69 Å². The zero-order valence-electron chi connectivity index (χ0n) is 7.65. The molecule has 0 aromatic carbocycles. The fourth-order valence-corrected chi connectivity index (χ4v) is 0.866. The van der Waals surface area contributed by atoms with Gasteiger partial charge in [-0.1, -0.05) is 0 Å². The molecule has 0 amide bonds. The molecule has 1 rings (SSSR count). The third kappa shape index (κ3) is 1.95. The van der Waals surface area contributed by atoms with Crippen LogP contribution in [0.1, 0.15) is 20.8 Å². The Morgan fingerprint density at radius 1 is 1.42 bits per heavy atom. The van der Waals surface area contributed by atoms with Crippen molar-refractivity contribution in [1.29, 1.82) is 0 Å². The second kappa shape index (κ2) is 3.11. The minimum absolute atomic E-state index is 0.289. The molecule has 66 valence electrons. The van der Waals surface area contributed by atoms with Crippen molar-refractivity contribution in [3.8, 4) is 0 Å². The van der Waals surface area contributed by atoms with E-state index in [0.29, 0.717) is 5.69 Å². The van der Waals surface area contributed by atoms with E-state index in [1.165, 1.54) is 5.06 Å². The minimum atomic E-state index is -0.289. The normalized spacial score (nSPS) is 11.3. The van der Waals surface area contributed by atoms with Crippen molar-refractivity contribution in [2.75, 3.05) is 5.06 Å². The highest BCUT2D eigenvalue weighted by Gasteiger charge is 2.19. The Balaban J connectivity index is 2.86. The van der Waals surface area contributed by atoms with Crippen molar-refractivity contribution in [2.45, 2.75) is 26.3 Å². The van der Waals surface area contributed by atoms with E-state index in [9.17, 15) is 5.21 Å². The predicted molar refractivity (Wildman–Crippen MR) is 48.3 cm³/mol. The van der Waals surface area contributed by atoms with Crippen LogP contribution in [0.2, 0.25) is 0 Å². The van der Waals surface area contributed by atoms with Crippen molar-refractivity contribution in [2.24, 2.45) is 0 Å². The third-order valence-electron chi connectivity index (χ3n) is 1.53. The highest BCUT2D eigenvalue weighted by molar-refractivity contribution is 5.42. The summed E-state index contributed by atoms with van der Waals surface area (Å²) >= 11 is 0. The Morgan fingerprint density at radius 3 is 2.50 bits per heavy atom. The first kappa shape index (κ1) is 9.00. The van der Waals surface area contributed by atoms with Gasteiger partial charge in [0.1, 0.15) is 0 Å². The molecular formula is C9H14N2O. The van der Waals surface area contributed by atoms with Crippen molar-refractivity contribution in [3.63, 3.8) is 0 Å². The van der Waals surface area contributed by atoms with Crippen molar-refractivity contribution in [1.82, 2.24) is 4.98 Å². The van der Waals surface area contributed by atoms with Gasteiger partial charge in [-0.05, 0) is 32.9 Å². The van der Waals surface area contributed by atoms with Crippen LogP contribution in [0.5, 0.6) is 0 Å². The van der Waals surface area contributed by atoms with Crippen molar-refractivity contribution < 1.29 is 5.21 Å². The maximum absolute atomic E-state index is 9.65. The first-order valence-electron chi connectivity index (χ1n) is 3.91. The molecule has 0 aliphatic rings. The molecule has 1 aromatic heterocycles. The van der Waals surface area contributed by atoms with Gasteiger partial charge in [0.05, 0.1) is 17.4 Å². The highest BCUT2D eigenvalue weighted by Crippen LogP contribution is 2.19. The number of pyridine rings is 1. The molecule has 0 aliphatic carbocycles. The van der Waals surface area contributed by atoms with Crippen LogP contribution in [-0.2, 0) is 0 Å². The molecule has 0 unspecified atom stereocenters. The van der Waals surface area contributed by atoms with Crippen LogP contribution < -0.4 is 5.06 Å². The van der Waals surface area contributed by atoms with E-state index in [1.54, 1.807) is 18.5 Å². The molecule has 0 fully saturated rings. The Morgan fingerprint density at radius 2 is 2.08 bits per heavy atom. The number of hydrogen-bond acceptors (Lipinski definition) is 3. The number of hydroxylamine groups is 1. The van der Waals surface area contributed by atoms with Crippen LogP contribution in [0.4, 0.5) is 5.69 Å². The summed E-state index contributed by atoms with van der Waals surface area (Å²) in [5.74, 6) is 0. The van der Waals surface area contributed by atoms with E-state index in [-0.39, 0.29) is 5.54 Å². The van der Waals surface area contributed by atoms with Crippen LogP contribution in [0.3, 0.4) is 0 Å². The first-order valence-corrected chi connectivity index (χ1v) is 3.91. The lowest BCUT2D eigenvalue weighted by Gasteiger charge is -2.30. The summed E-state index contributed by atoms with van der Waals surface area (Å²) < 4.78 is 0. The Hall–Kier alpha value is -1.09. The van der Waals surface area contributed by atoms with E-state index in [4.69, 9.17) is 0 Å². The van der Waals surface area contributed by atoms with Gasteiger partial charge in [-0.3, -0.25) is 15.3 Å². The molecule has 0 aliphatic heterocycles. The Kier molecular flexibility index (Phi) is 2.33. The van der Waals surface area contributed by atoms with Gasteiger partial charge in [-0.15, -0.1) is 0 Å². The molecule has 3 heteroatoms. The van der Waals surface area contributed by atoms with Gasteiger partial charge < -0.3 is 0 Å². The fourth-order valence-electron chi connectivity index (χ4n) is 0.866. The maximum atomic E-state index is 9.65. The summed E-state index contributed by atoms with van der Waals surface area (Å²) in [5.41, 5.74) is 0.424. The SMILES string of the molecule is CC(C)(C)N(O)c1cccnc1. The van der Waals surface area contributed by atoms with Gasteiger partial charge in [0.2, 0.25) is 0 Å². The lowest BCUT2D eigenvalue weighted by molar-refractivity contribution is 0.180. The molecule has 0 radical (unpaired) electrons. The molecule has 0 saturated carbocycles. The third-order valence-corrected chi connectivity index (χ3v) is 1.53. The highest BCUT2D eigenvalue weighted by atomic mass is 16.5. The lowest BCUT2D eigenvalue weighted by atomic mass is 10.1. The minimum Gasteiger partial charge on any atom is -0.288 e. The number of hydrogen-bond donors (Lipinski definition) is 1. The summed E-state index contributed by atoms with van der Waals surface area (Å²) in [6.45, 7) is 5.79. The topological polar surface area (TPSA) is 36.4 Å². The summed E-state index contributed by atoms with van der Waals surface area (Å²) in [6, 6.07) is 3.61. The number of aromatic nitrogens is 1. The van der Waals surface area contributed by atoms with Gasteiger partial charge in [-0.25, -0.2) is 0 Å². The van der Waals surface area contributed by atoms with Gasteiger partial charge in [0.25, 0.3) is 0 Å². The molecule has 0 bridgehead atoms. The first-order chi connectivity index (χ1) is 5.52. The summed E-state index contributed by atoms with van der Waals surface area (Å²) in [5, 5.41) is 10.9. The molecule has 1 N–H and O–H groups in total. The number of rotatable bonds is 1. The van der Waals surface area contributed by atoms with E-state index < -0.39 is 0 Å². The van der Waals surface area contributed by atoms with Crippen LogP contribution in [0.15, 0.2) is 24.5 Å².